The highest BCUT2D eigenvalue weighted by atomic mass is 79.9. The van der Waals surface area contributed by atoms with Crippen molar-refractivity contribution in [2.24, 2.45) is 12.8 Å². The standard InChI is InChI=1S/C13H16BrClN4/c1-3-11-13(14)12(19(2)18-11)6-10(16)8-4-5-17-7-9(8)15/h4-5,7,10H,3,6,16H2,1-2H3. The molecule has 0 aliphatic heterocycles. The molecule has 0 saturated heterocycles. The molecule has 0 amide bonds. The summed E-state index contributed by atoms with van der Waals surface area (Å²) in [4.78, 5) is 3.97. The van der Waals surface area contributed by atoms with Crippen molar-refractivity contribution in [3.8, 4) is 0 Å². The zero-order valence-corrected chi connectivity index (χ0v) is 13.2. The molecule has 0 saturated carbocycles. The van der Waals surface area contributed by atoms with E-state index in [4.69, 9.17) is 17.3 Å². The molecule has 0 spiro atoms. The van der Waals surface area contributed by atoms with Crippen LogP contribution in [0.5, 0.6) is 0 Å². The number of pyridine rings is 1. The largest absolute Gasteiger partial charge is 0.324 e. The lowest BCUT2D eigenvalue weighted by Gasteiger charge is -2.13. The molecule has 2 rings (SSSR count). The molecule has 2 heterocycles. The van der Waals surface area contributed by atoms with Gasteiger partial charge in [0.25, 0.3) is 0 Å². The summed E-state index contributed by atoms with van der Waals surface area (Å²) in [6, 6.07) is 1.68. The molecule has 4 nitrogen and oxygen atoms in total. The van der Waals surface area contributed by atoms with Gasteiger partial charge in [-0.05, 0) is 34.0 Å². The summed E-state index contributed by atoms with van der Waals surface area (Å²) >= 11 is 9.72. The first-order valence-corrected chi connectivity index (χ1v) is 7.26. The summed E-state index contributed by atoms with van der Waals surface area (Å²) in [6.45, 7) is 2.08. The molecule has 1 atom stereocenters. The molecule has 0 radical (unpaired) electrons. The second kappa shape index (κ2) is 6.03. The van der Waals surface area contributed by atoms with Crippen LogP contribution in [0, 0.1) is 0 Å². The van der Waals surface area contributed by atoms with Gasteiger partial charge in [0.05, 0.1) is 20.9 Å². The van der Waals surface area contributed by atoms with Gasteiger partial charge in [-0.2, -0.15) is 5.10 Å². The SMILES string of the molecule is CCc1nn(C)c(CC(N)c2ccncc2Cl)c1Br. The highest BCUT2D eigenvalue weighted by Crippen LogP contribution is 2.28. The second-order valence-electron chi connectivity index (χ2n) is 4.39. The van der Waals surface area contributed by atoms with Crippen LogP contribution in [-0.2, 0) is 19.9 Å². The first-order chi connectivity index (χ1) is 9.04. The van der Waals surface area contributed by atoms with Crippen LogP contribution in [0.1, 0.15) is 29.9 Å². The number of aryl methyl sites for hydroxylation is 2. The van der Waals surface area contributed by atoms with Gasteiger partial charge >= 0.3 is 0 Å². The Morgan fingerprint density at radius 3 is 2.84 bits per heavy atom. The number of hydrogen-bond acceptors (Lipinski definition) is 3. The summed E-state index contributed by atoms with van der Waals surface area (Å²) in [5.41, 5.74) is 9.28. The second-order valence-corrected chi connectivity index (χ2v) is 5.59. The normalized spacial score (nSPS) is 12.7. The summed E-state index contributed by atoms with van der Waals surface area (Å²) in [5, 5.41) is 5.07. The van der Waals surface area contributed by atoms with Crippen molar-refractivity contribution < 1.29 is 0 Å². The number of nitrogens with zero attached hydrogens (tertiary/aromatic N) is 3. The summed E-state index contributed by atoms with van der Waals surface area (Å²) < 4.78 is 2.91. The van der Waals surface area contributed by atoms with E-state index in [1.54, 1.807) is 12.4 Å². The van der Waals surface area contributed by atoms with Gasteiger partial charge in [-0.3, -0.25) is 9.67 Å². The van der Waals surface area contributed by atoms with Crippen molar-refractivity contribution in [3.63, 3.8) is 0 Å². The highest BCUT2D eigenvalue weighted by Gasteiger charge is 2.18. The molecule has 2 N–H and O–H groups in total. The van der Waals surface area contributed by atoms with Gasteiger partial charge < -0.3 is 5.73 Å². The van der Waals surface area contributed by atoms with Crippen molar-refractivity contribution in [2.75, 3.05) is 0 Å². The van der Waals surface area contributed by atoms with E-state index in [0.29, 0.717) is 11.4 Å². The third kappa shape index (κ3) is 2.99. The van der Waals surface area contributed by atoms with Crippen LogP contribution in [0.25, 0.3) is 0 Å². The fourth-order valence-corrected chi connectivity index (χ4v) is 3.08. The lowest BCUT2D eigenvalue weighted by Crippen LogP contribution is -2.16. The summed E-state index contributed by atoms with van der Waals surface area (Å²) in [7, 11) is 1.93. The molecule has 0 aromatic carbocycles. The maximum atomic E-state index is 6.24. The van der Waals surface area contributed by atoms with E-state index in [1.807, 2.05) is 17.8 Å². The lowest BCUT2D eigenvalue weighted by atomic mass is 10.0. The van der Waals surface area contributed by atoms with Crippen LogP contribution in [0.3, 0.4) is 0 Å². The van der Waals surface area contributed by atoms with Crippen molar-refractivity contribution in [1.82, 2.24) is 14.8 Å². The monoisotopic (exact) mass is 342 g/mol. The van der Waals surface area contributed by atoms with Crippen LogP contribution in [0.2, 0.25) is 5.02 Å². The smallest absolute Gasteiger partial charge is 0.0766 e. The molecule has 0 fully saturated rings. The van der Waals surface area contributed by atoms with E-state index in [-0.39, 0.29) is 6.04 Å². The maximum Gasteiger partial charge on any atom is 0.0766 e. The van der Waals surface area contributed by atoms with Crippen LogP contribution in [0.4, 0.5) is 0 Å². The summed E-state index contributed by atoms with van der Waals surface area (Å²) in [5.74, 6) is 0. The minimum absolute atomic E-state index is 0.174. The molecule has 0 bridgehead atoms. The maximum absolute atomic E-state index is 6.24. The molecule has 19 heavy (non-hydrogen) atoms. The van der Waals surface area contributed by atoms with E-state index >= 15 is 0 Å². The minimum atomic E-state index is -0.174. The van der Waals surface area contributed by atoms with Gasteiger partial charge in [-0.25, -0.2) is 0 Å². The molecule has 2 aromatic rings. The Morgan fingerprint density at radius 1 is 1.53 bits per heavy atom. The predicted molar refractivity (Wildman–Crippen MR) is 80.2 cm³/mol. The van der Waals surface area contributed by atoms with E-state index in [0.717, 1.165) is 27.8 Å². The molecule has 102 valence electrons. The van der Waals surface area contributed by atoms with E-state index in [1.165, 1.54) is 0 Å². The minimum Gasteiger partial charge on any atom is -0.324 e. The van der Waals surface area contributed by atoms with E-state index in [2.05, 4.69) is 32.9 Å². The number of hydrogen-bond donors (Lipinski definition) is 1. The average molecular weight is 344 g/mol. The molecular weight excluding hydrogens is 328 g/mol. The number of halogens is 2. The fraction of sp³-hybridized carbons (Fsp3) is 0.385. The Kier molecular flexibility index (Phi) is 4.60. The molecule has 0 aliphatic carbocycles. The predicted octanol–water partition coefficient (Wildman–Crippen LogP) is 3.04. The first-order valence-electron chi connectivity index (χ1n) is 6.09. The van der Waals surface area contributed by atoms with Crippen LogP contribution >= 0.6 is 27.5 Å². The Hall–Kier alpha value is -0.910. The van der Waals surface area contributed by atoms with E-state index in [9.17, 15) is 0 Å². The van der Waals surface area contributed by atoms with Gasteiger partial charge in [0.15, 0.2) is 0 Å². The number of nitrogens with two attached hydrogens (primary N) is 1. The summed E-state index contributed by atoms with van der Waals surface area (Å²) in [6.07, 6.45) is 4.89. The van der Waals surface area contributed by atoms with Crippen molar-refractivity contribution in [3.05, 3.63) is 44.9 Å². The van der Waals surface area contributed by atoms with Gasteiger partial charge in [-0.15, -0.1) is 0 Å². The van der Waals surface area contributed by atoms with Crippen molar-refractivity contribution in [2.45, 2.75) is 25.8 Å². The lowest BCUT2D eigenvalue weighted by molar-refractivity contribution is 0.636. The Bertz CT molecular complexity index is 582. The molecule has 0 aliphatic rings. The molecule has 2 aromatic heterocycles. The highest BCUT2D eigenvalue weighted by molar-refractivity contribution is 9.10. The third-order valence-corrected chi connectivity index (χ3v) is 4.35. The Balaban J connectivity index is 2.27. The Morgan fingerprint density at radius 2 is 2.26 bits per heavy atom. The molecule has 6 heteroatoms. The van der Waals surface area contributed by atoms with Crippen molar-refractivity contribution >= 4 is 27.5 Å². The third-order valence-electron chi connectivity index (χ3n) is 3.12. The zero-order chi connectivity index (χ0) is 14.0. The van der Waals surface area contributed by atoms with Gasteiger partial charge in [0.2, 0.25) is 0 Å². The van der Waals surface area contributed by atoms with Crippen LogP contribution in [0.15, 0.2) is 22.9 Å². The van der Waals surface area contributed by atoms with Gasteiger partial charge in [0.1, 0.15) is 0 Å². The number of aromatic nitrogens is 3. The Labute approximate surface area is 126 Å². The van der Waals surface area contributed by atoms with Gasteiger partial charge in [0, 0.05) is 31.9 Å². The topological polar surface area (TPSA) is 56.7 Å². The van der Waals surface area contributed by atoms with Crippen LogP contribution < -0.4 is 5.73 Å². The fourth-order valence-electron chi connectivity index (χ4n) is 2.05. The van der Waals surface area contributed by atoms with Gasteiger partial charge in [-0.1, -0.05) is 18.5 Å². The zero-order valence-electron chi connectivity index (χ0n) is 10.9. The van der Waals surface area contributed by atoms with Crippen molar-refractivity contribution in [1.29, 1.82) is 0 Å². The van der Waals surface area contributed by atoms with E-state index < -0.39 is 0 Å². The molecule has 1 unspecified atom stereocenters. The number of rotatable bonds is 4. The van der Waals surface area contributed by atoms with Crippen LogP contribution in [-0.4, -0.2) is 14.8 Å². The average Bonchev–Trinajstić information content (AvgIpc) is 2.66. The quantitative estimate of drug-likeness (QED) is 0.928. The first kappa shape index (κ1) is 14.5. The molecular formula is C13H16BrClN4.